The quantitative estimate of drug-likeness (QED) is 0.529. The van der Waals surface area contributed by atoms with E-state index < -0.39 is 0 Å². The monoisotopic (exact) mass is 383 g/mol. The highest BCUT2D eigenvalue weighted by molar-refractivity contribution is 5.76. The van der Waals surface area contributed by atoms with Crippen LogP contribution in [-0.4, -0.2) is 25.7 Å². The molecule has 0 aliphatic rings. The Morgan fingerprint density at radius 2 is 1.66 bits per heavy atom. The van der Waals surface area contributed by atoms with Crippen molar-refractivity contribution in [3.63, 3.8) is 0 Å². The Balaban J connectivity index is 1.25. The molecule has 0 saturated heterocycles. The Morgan fingerprint density at radius 1 is 0.897 bits per heavy atom. The van der Waals surface area contributed by atoms with Crippen molar-refractivity contribution in [2.45, 2.75) is 19.4 Å². The van der Waals surface area contributed by atoms with Crippen LogP contribution in [0.4, 0.5) is 0 Å². The van der Waals surface area contributed by atoms with E-state index in [4.69, 9.17) is 0 Å². The van der Waals surface area contributed by atoms with E-state index in [1.807, 2.05) is 30.3 Å². The fraction of sp³-hybridized carbons (Fsp3) is 0.130. The van der Waals surface area contributed by atoms with Gasteiger partial charge in [-0.25, -0.2) is 14.6 Å². The molecule has 1 amide bonds. The minimum atomic E-state index is 0.0255. The van der Waals surface area contributed by atoms with E-state index >= 15 is 0 Å². The van der Waals surface area contributed by atoms with Crippen molar-refractivity contribution in [3.05, 3.63) is 96.7 Å². The van der Waals surface area contributed by atoms with Crippen molar-refractivity contribution in [1.82, 2.24) is 25.1 Å². The first-order valence-electron chi connectivity index (χ1n) is 9.49. The molecule has 0 saturated carbocycles. The summed E-state index contributed by atoms with van der Waals surface area (Å²) in [5.41, 5.74) is 4.47. The molecule has 0 spiro atoms. The van der Waals surface area contributed by atoms with Gasteiger partial charge in [0.2, 0.25) is 5.91 Å². The van der Waals surface area contributed by atoms with Gasteiger partial charge in [0.15, 0.2) is 5.82 Å². The second-order valence-electron chi connectivity index (χ2n) is 6.70. The number of carbonyl (C=O) groups excluding carboxylic acids is 1. The van der Waals surface area contributed by atoms with E-state index in [2.05, 4.69) is 56.8 Å². The van der Waals surface area contributed by atoms with Gasteiger partial charge in [0.05, 0.1) is 0 Å². The van der Waals surface area contributed by atoms with Gasteiger partial charge in [-0.2, -0.15) is 5.10 Å². The normalized spacial score (nSPS) is 10.6. The van der Waals surface area contributed by atoms with Crippen molar-refractivity contribution in [2.24, 2.45) is 0 Å². The summed E-state index contributed by atoms with van der Waals surface area (Å²) in [7, 11) is 0. The van der Waals surface area contributed by atoms with Gasteiger partial charge in [-0.1, -0.05) is 60.7 Å². The molecule has 6 nitrogen and oxygen atoms in total. The zero-order chi connectivity index (χ0) is 19.9. The third-order valence-corrected chi connectivity index (χ3v) is 4.65. The molecule has 0 atom stereocenters. The van der Waals surface area contributed by atoms with Crippen LogP contribution in [0, 0.1) is 0 Å². The lowest BCUT2D eigenvalue weighted by molar-refractivity contribution is -0.121. The molecular formula is C23H21N5O. The fourth-order valence-electron chi connectivity index (χ4n) is 3.02. The van der Waals surface area contributed by atoms with Crippen molar-refractivity contribution in [3.8, 4) is 16.9 Å². The van der Waals surface area contributed by atoms with Gasteiger partial charge in [0.25, 0.3) is 0 Å². The number of aryl methyl sites for hydroxylation is 1. The first-order valence-corrected chi connectivity index (χ1v) is 9.49. The summed E-state index contributed by atoms with van der Waals surface area (Å²) in [6.45, 7) is 0.455. The van der Waals surface area contributed by atoms with E-state index in [1.54, 1.807) is 17.2 Å². The maximum atomic E-state index is 12.2. The second-order valence-corrected chi connectivity index (χ2v) is 6.70. The summed E-state index contributed by atoms with van der Waals surface area (Å²) < 4.78 is 1.59. The van der Waals surface area contributed by atoms with Crippen LogP contribution in [0.2, 0.25) is 0 Å². The number of carbonyl (C=O) groups is 1. The molecule has 0 fully saturated rings. The molecule has 4 rings (SSSR count). The predicted octanol–water partition coefficient (Wildman–Crippen LogP) is 3.58. The Labute approximate surface area is 169 Å². The van der Waals surface area contributed by atoms with Gasteiger partial charge in [0, 0.05) is 19.2 Å². The topological polar surface area (TPSA) is 72.7 Å². The third-order valence-electron chi connectivity index (χ3n) is 4.65. The largest absolute Gasteiger partial charge is 0.352 e. The molecule has 0 aliphatic carbocycles. The molecule has 1 N–H and O–H groups in total. The maximum Gasteiger partial charge on any atom is 0.220 e. The fourth-order valence-corrected chi connectivity index (χ4v) is 3.02. The van der Waals surface area contributed by atoms with Crippen molar-refractivity contribution >= 4 is 5.91 Å². The number of hydrogen-bond donors (Lipinski definition) is 1. The number of hydrogen-bond acceptors (Lipinski definition) is 4. The molecule has 0 radical (unpaired) electrons. The van der Waals surface area contributed by atoms with E-state index in [-0.39, 0.29) is 5.91 Å². The second kappa shape index (κ2) is 8.93. The van der Waals surface area contributed by atoms with Crippen LogP contribution in [0.25, 0.3) is 16.9 Å². The minimum Gasteiger partial charge on any atom is -0.352 e. The molecule has 4 aromatic rings. The molecule has 0 bridgehead atoms. The van der Waals surface area contributed by atoms with E-state index in [0.29, 0.717) is 25.2 Å². The van der Waals surface area contributed by atoms with E-state index in [9.17, 15) is 4.79 Å². The summed E-state index contributed by atoms with van der Waals surface area (Å²) in [5, 5.41) is 6.99. The molecule has 2 aromatic carbocycles. The number of amides is 1. The first kappa shape index (κ1) is 18.6. The van der Waals surface area contributed by atoms with Gasteiger partial charge >= 0.3 is 0 Å². The van der Waals surface area contributed by atoms with Crippen molar-refractivity contribution in [1.29, 1.82) is 0 Å². The smallest absolute Gasteiger partial charge is 0.220 e. The Morgan fingerprint density at radius 3 is 2.34 bits per heavy atom. The summed E-state index contributed by atoms with van der Waals surface area (Å²) in [6.07, 6.45) is 5.96. The van der Waals surface area contributed by atoms with Crippen LogP contribution < -0.4 is 5.32 Å². The molecular weight excluding hydrogens is 362 g/mol. The average molecular weight is 383 g/mol. The number of pyridine rings is 1. The van der Waals surface area contributed by atoms with Crippen molar-refractivity contribution in [2.75, 3.05) is 0 Å². The van der Waals surface area contributed by atoms with Gasteiger partial charge in [-0.15, -0.1) is 0 Å². The highest BCUT2D eigenvalue weighted by Crippen LogP contribution is 2.19. The van der Waals surface area contributed by atoms with Crippen molar-refractivity contribution < 1.29 is 4.79 Å². The van der Waals surface area contributed by atoms with Gasteiger partial charge in [-0.3, -0.25) is 4.79 Å². The van der Waals surface area contributed by atoms with Crippen LogP contribution in [0.1, 0.15) is 17.5 Å². The summed E-state index contributed by atoms with van der Waals surface area (Å²) in [6, 6.07) is 22.4. The molecule has 2 aromatic heterocycles. The van der Waals surface area contributed by atoms with Crippen LogP contribution >= 0.6 is 0 Å². The molecule has 144 valence electrons. The summed E-state index contributed by atoms with van der Waals surface area (Å²) >= 11 is 0. The van der Waals surface area contributed by atoms with Gasteiger partial charge < -0.3 is 5.32 Å². The first-order chi connectivity index (χ1) is 14.3. The predicted molar refractivity (Wildman–Crippen MR) is 111 cm³/mol. The van der Waals surface area contributed by atoms with E-state index in [0.717, 1.165) is 11.1 Å². The molecule has 29 heavy (non-hydrogen) atoms. The Hall–Kier alpha value is -3.80. The zero-order valence-electron chi connectivity index (χ0n) is 15.9. The number of aromatic nitrogens is 4. The number of benzene rings is 2. The maximum absolute atomic E-state index is 12.2. The van der Waals surface area contributed by atoms with Crippen LogP contribution in [0.5, 0.6) is 0 Å². The van der Waals surface area contributed by atoms with E-state index in [1.165, 1.54) is 17.5 Å². The Kier molecular flexibility index (Phi) is 5.71. The number of rotatable bonds is 7. The highest BCUT2D eigenvalue weighted by atomic mass is 16.1. The number of nitrogens with zero attached hydrogens (tertiary/aromatic N) is 4. The minimum absolute atomic E-state index is 0.0255. The highest BCUT2D eigenvalue weighted by Gasteiger charge is 2.05. The lowest BCUT2D eigenvalue weighted by atomic mass is 10.0. The third kappa shape index (κ3) is 4.93. The standard InChI is InChI=1S/C23H21N5O/c29-23(26-15-19-8-12-22(25-14-19)28-17-24-16-27-28)13-9-18-6-10-21(11-7-18)20-4-2-1-3-5-20/h1-8,10-12,14,16-17H,9,13,15H2,(H,26,29). The molecule has 6 heteroatoms. The molecule has 0 unspecified atom stereocenters. The van der Waals surface area contributed by atoms with Gasteiger partial charge in [0.1, 0.15) is 12.7 Å². The summed E-state index contributed by atoms with van der Waals surface area (Å²) in [4.78, 5) is 20.4. The SMILES string of the molecule is O=C(CCc1ccc(-c2ccccc2)cc1)NCc1ccc(-n2cncn2)nc1. The Bertz CT molecular complexity index is 1040. The van der Waals surface area contributed by atoms with Crippen LogP contribution in [0.15, 0.2) is 85.6 Å². The average Bonchev–Trinajstić information content (AvgIpc) is 3.33. The lowest BCUT2D eigenvalue weighted by Gasteiger charge is -2.07. The van der Waals surface area contributed by atoms with Gasteiger partial charge in [-0.05, 0) is 34.7 Å². The molecule has 2 heterocycles. The van der Waals surface area contributed by atoms with Crippen LogP contribution in [0.3, 0.4) is 0 Å². The van der Waals surface area contributed by atoms with Crippen LogP contribution in [-0.2, 0) is 17.8 Å². The molecule has 0 aliphatic heterocycles. The zero-order valence-corrected chi connectivity index (χ0v) is 15.9. The number of nitrogens with one attached hydrogen (secondary N) is 1. The summed E-state index contributed by atoms with van der Waals surface area (Å²) in [5.74, 6) is 0.717. The lowest BCUT2D eigenvalue weighted by Crippen LogP contribution is -2.23.